The van der Waals surface area contributed by atoms with E-state index in [-0.39, 0.29) is 17.4 Å². The number of carbonyl (C=O) groups is 2. The molecular weight excluding hydrogens is 398 g/mol. The van der Waals surface area contributed by atoms with E-state index in [4.69, 9.17) is 16.3 Å². The summed E-state index contributed by atoms with van der Waals surface area (Å²) in [6.45, 7) is 1.32. The number of phenols is 1. The normalized spacial score (nSPS) is 11.6. The van der Waals surface area contributed by atoms with Gasteiger partial charge in [-0.25, -0.2) is 4.79 Å². The van der Waals surface area contributed by atoms with Gasteiger partial charge in [-0.1, -0.05) is 45.7 Å². The van der Waals surface area contributed by atoms with Crippen molar-refractivity contribution < 1.29 is 19.4 Å². The molecule has 0 aliphatic heterocycles. The van der Waals surface area contributed by atoms with Crippen LogP contribution >= 0.6 is 27.5 Å². The molecule has 2 N–H and O–H groups in total. The summed E-state index contributed by atoms with van der Waals surface area (Å²) in [6, 6.07) is 11.2. The minimum atomic E-state index is -0.783. The standard InChI is InChI=1S/C17H15BrClNO4/c1-10(12-4-2-3-5-14(12)19)20-16(22)9-24-17(23)13-8-11(18)6-7-15(13)21/h2-8,10,21H,9H2,1H3,(H,20,22)/t10-/m1/s1. The molecule has 0 unspecified atom stereocenters. The lowest BCUT2D eigenvalue weighted by Crippen LogP contribution is -2.31. The van der Waals surface area contributed by atoms with E-state index in [1.165, 1.54) is 12.1 Å². The molecule has 0 heterocycles. The number of phenolic OH excluding ortho intramolecular Hbond substituents is 1. The van der Waals surface area contributed by atoms with Gasteiger partial charge in [-0.15, -0.1) is 0 Å². The number of esters is 1. The number of nitrogens with one attached hydrogen (secondary N) is 1. The first-order valence-corrected chi connectivity index (χ1v) is 8.25. The van der Waals surface area contributed by atoms with Crippen LogP contribution in [-0.4, -0.2) is 23.6 Å². The summed E-state index contributed by atoms with van der Waals surface area (Å²) in [5.74, 6) is -1.47. The summed E-state index contributed by atoms with van der Waals surface area (Å²) in [7, 11) is 0. The minimum absolute atomic E-state index is 0.0173. The average molecular weight is 413 g/mol. The molecule has 24 heavy (non-hydrogen) atoms. The number of ether oxygens (including phenoxy) is 1. The highest BCUT2D eigenvalue weighted by Crippen LogP contribution is 2.23. The van der Waals surface area contributed by atoms with E-state index < -0.39 is 18.5 Å². The van der Waals surface area contributed by atoms with E-state index in [0.29, 0.717) is 9.50 Å². The molecule has 2 aromatic rings. The Morgan fingerprint density at radius 1 is 1.29 bits per heavy atom. The molecular formula is C17H15BrClNO4. The van der Waals surface area contributed by atoms with Gasteiger partial charge in [-0.3, -0.25) is 4.79 Å². The van der Waals surface area contributed by atoms with Crippen molar-refractivity contribution in [2.24, 2.45) is 0 Å². The Labute approximate surface area is 152 Å². The average Bonchev–Trinajstić information content (AvgIpc) is 2.55. The molecule has 5 nitrogen and oxygen atoms in total. The Morgan fingerprint density at radius 3 is 2.71 bits per heavy atom. The Hall–Kier alpha value is -2.05. The Morgan fingerprint density at radius 2 is 2.00 bits per heavy atom. The van der Waals surface area contributed by atoms with Gasteiger partial charge in [0.1, 0.15) is 11.3 Å². The van der Waals surface area contributed by atoms with Crippen molar-refractivity contribution in [1.82, 2.24) is 5.32 Å². The predicted octanol–water partition coefficient (Wildman–Crippen LogP) is 3.84. The van der Waals surface area contributed by atoms with Crippen LogP contribution in [0.4, 0.5) is 0 Å². The second-order valence-electron chi connectivity index (χ2n) is 5.05. The van der Waals surface area contributed by atoms with Crippen LogP contribution in [-0.2, 0) is 9.53 Å². The van der Waals surface area contributed by atoms with E-state index in [0.717, 1.165) is 5.56 Å². The van der Waals surface area contributed by atoms with Crippen molar-refractivity contribution in [3.63, 3.8) is 0 Å². The van der Waals surface area contributed by atoms with Gasteiger partial charge in [0.05, 0.1) is 6.04 Å². The first-order valence-electron chi connectivity index (χ1n) is 7.08. The zero-order valence-corrected chi connectivity index (χ0v) is 15.1. The lowest BCUT2D eigenvalue weighted by Gasteiger charge is -2.15. The topological polar surface area (TPSA) is 75.6 Å². The summed E-state index contributed by atoms with van der Waals surface area (Å²) in [5.41, 5.74) is 0.750. The molecule has 0 aliphatic carbocycles. The highest BCUT2D eigenvalue weighted by atomic mass is 79.9. The summed E-state index contributed by atoms with van der Waals surface area (Å²) >= 11 is 9.27. The third kappa shape index (κ3) is 4.72. The molecule has 0 bridgehead atoms. The molecule has 1 atom stereocenters. The van der Waals surface area contributed by atoms with Crippen molar-refractivity contribution in [3.8, 4) is 5.75 Å². The second-order valence-corrected chi connectivity index (χ2v) is 6.37. The molecule has 126 valence electrons. The SMILES string of the molecule is C[C@@H](NC(=O)COC(=O)c1cc(Br)ccc1O)c1ccccc1Cl. The van der Waals surface area contributed by atoms with Crippen LogP contribution in [0, 0.1) is 0 Å². The van der Waals surface area contributed by atoms with Crippen molar-refractivity contribution in [3.05, 3.63) is 63.1 Å². The first kappa shape index (κ1) is 18.3. The molecule has 0 spiro atoms. The first-order chi connectivity index (χ1) is 11.4. The molecule has 0 saturated heterocycles. The zero-order chi connectivity index (χ0) is 17.7. The van der Waals surface area contributed by atoms with Gasteiger partial charge in [0.25, 0.3) is 5.91 Å². The van der Waals surface area contributed by atoms with Crippen molar-refractivity contribution in [1.29, 1.82) is 0 Å². The number of rotatable bonds is 5. The fourth-order valence-corrected chi connectivity index (χ4v) is 2.73. The zero-order valence-electron chi connectivity index (χ0n) is 12.8. The molecule has 1 amide bonds. The van der Waals surface area contributed by atoms with Gasteiger partial charge in [0.2, 0.25) is 0 Å². The van der Waals surface area contributed by atoms with Crippen molar-refractivity contribution >= 4 is 39.4 Å². The molecule has 7 heteroatoms. The number of carbonyl (C=O) groups excluding carboxylic acids is 2. The van der Waals surface area contributed by atoms with Gasteiger partial charge in [-0.05, 0) is 36.8 Å². The smallest absolute Gasteiger partial charge is 0.342 e. The summed E-state index contributed by atoms with van der Waals surface area (Å²) in [6.07, 6.45) is 0. The molecule has 2 rings (SSSR count). The maximum atomic E-state index is 11.9. The van der Waals surface area contributed by atoms with E-state index in [1.54, 1.807) is 31.2 Å². The fourth-order valence-electron chi connectivity index (χ4n) is 2.07. The highest BCUT2D eigenvalue weighted by molar-refractivity contribution is 9.10. The Kier molecular flexibility index (Phi) is 6.23. The molecule has 2 aromatic carbocycles. The highest BCUT2D eigenvalue weighted by Gasteiger charge is 2.17. The number of benzene rings is 2. The van der Waals surface area contributed by atoms with Crippen LogP contribution in [0.15, 0.2) is 46.9 Å². The number of hydrogen-bond donors (Lipinski definition) is 2. The lowest BCUT2D eigenvalue weighted by molar-refractivity contribution is -0.124. The van der Waals surface area contributed by atoms with E-state index in [1.807, 2.05) is 6.07 Å². The summed E-state index contributed by atoms with van der Waals surface area (Å²) < 4.78 is 5.54. The monoisotopic (exact) mass is 411 g/mol. The van der Waals surface area contributed by atoms with Crippen LogP contribution in [0.3, 0.4) is 0 Å². The molecule has 0 aliphatic rings. The molecule has 0 aromatic heterocycles. The summed E-state index contributed by atoms with van der Waals surface area (Å²) in [4.78, 5) is 23.9. The van der Waals surface area contributed by atoms with Crippen molar-refractivity contribution in [2.45, 2.75) is 13.0 Å². The van der Waals surface area contributed by atoms with Gasteiger partial charge >= 0.3 is 5.97 Å². The minimum Gasteiger partial charge on any atom is -0.507 e. The Bertz CT molecular complexity index is 766. The van der Waals surface area contributed by atoms with Crippen LogP contribution in [0.25, 0.3) is 0 Å². The Balaban J connectivity index is 1.92. The number of aromatic hydroxyl groups is 1. The van der Waals surface area contributed by atoms with Crippen molar-refractivity contribution in [2.75, 3.05) is 6.61 Å². The molecule has 0 fully saturated rings. The van der Waals surface area contributed by atoms with E-state index in [2.05, 4.69) is 21.2 Å². The quantitative estimate of drug-likeness (QED) is 0.732. The number of amides is 1. The van der Waals surface area contributed by atoms with Gasteiger partial charge in [0.15, 0.2) is 6.61 Å². The predicted molar refractivity (Wildman–Crippen MR) is 94.1 cm³/mol. The third-order valence-corrected chi connectivity index (χ3v) is 4.10. The van der Waals surface area contributed by atoms with E-state index >= 15 is 0 Å². The van der Waals surface area contributed by atoms with E-state index in [9.17, 15) is 14.7 Å². The van der Waals surface area contributed by atoms with Gasteiger partial charge < -0.3 is 15.2 Å². The van der Waals surface area contributed by atoms with Crippen LogP contribution in [0.1, 0.15) is 28.9 Å². The second kappa shape index (κ2) is 8.17. The maximum absolute atomic E-state index is 11.9. The molecule has 0 radical (unpaired) electrons. The van der Waals surface area contributed by atoms with Crippen LogP contribution < -0.4 is 5.32 Å². The fraction of sp³-hybridized carbons (Fsp3) is 0.176. The number of halogens is 2. The number of hydrogen-bond acceptors (Lipinski definition) is 4. The summed E-state index contributed by atoms with van der Waals surface area (Å²) in [5, 5.41) is 12.9. The van der Waals surface area contributed by atoms with Gasteiger partial charge in [0, 0.05) is 9.50 Å². The van der Waals surface area contributed by atoms with Crippen LogP contribution in [0.2, 0.25) is 5.02 Å². The third-order valence-electron chi connectivity index (χ3n) is 3.26. The maximum Gasteiger partial charge on any atom is 0.342 e. The van der Waals surface area contributed by atoms with Gasteiger partial charge in [-0.2, -0.15) is 0 Å². The largest absolute Gasteiger partial charge is 0.507 e. The van der Waals surface area contributed by atoms with Crippen LogP contribution in [0.5, 0.6) is 5.75 Å². The molecule has 0 saturated carbocycles. The lowest BCUT2D eigenvalue weighted by atomic mass is 10.1.